The highest BCUT2D eigenvalue weighted by Gasteiger charge is 2.27. The van der Waals surface area contributed by atoms with Gasteiger partial charge in [0.05, 0.1) is 18.6 Å². The van der Waals surface area contributed by atoms with Crippen molar-refractivity contribution < 1.29 is 19.2 Å². The molecule has 0 atom stereocenters. The summed E-state index contributed by atoms with van der Waals surface area (Å²) in [6, 6.07) is 0.651. The molecule has 1 saturated heterocycles. The Morgan fingerprint density at radius 3 is 2.64 bits per heavy atom. The van der Waals surface area contributed by atoms with Gasteiger partial charge >= 0.3 is 18.0 Å². The topological polar surface area (TPSA) is 114 Å². The Kier molecular flexibility index (Phi) is 3.86. The Balaban J connectivity index is 1.70. The summed E-state index contributed by atoms with van der Waals surface area (Å²) in [6.07, 6.45) is 4.24. The lowest BCUT2D eigenvalue weighted by molar-refractivity contribution is -0.142. The smallest absolute Gasteiger partial charge is 0.324 e. The monoisotopic (exact) mass is 305 g/mol. The van der Waals surface area contributed by atoms with Gasteiger partial charge in [-0.3, -0.25) is 4.79 Å². The molecule has 0 aliphatic carbocycles. The van der Waals surface area contributed by atoms with E-state index in [0.717, 1.165) is 0 Å². The summed E-state index contributed by atoms with van der Waals surface area (Å²) in [7, 11) is 1.49. The zero-order chi connectivity index (χ0) is 15.5. The lowest BCUT2D eigenvalue weighted by Gasteiger charge is -2.28. The molecule has 1 aliphatic rings. The van der Waals surface area contributed by atoms with Crippen LogP contribution in [-0.4, -0.2) is 51.4 Å². The van der Waals surface area contributed by atoms with E-state index in [4.69, 9.17) is 14.4 Å². The summed E-state index contributed by atoms with van der Waals surface area (Å²) in [6.45, 7) is 1.16. The van der Waals surface area contributed by atoms with Gasteiger partial charge in [-0.05, 0) is 12.8 Å². The molecule has 0 saturated carbocycles. The Bertz CT molecular complexity index is 649. The van der Waals surface area contributed by atoms with E-state index in [9.17, 15) is 4.79 Å². The first-order valence-electron chi connectivity index (χ1n) is 6.85. The molecule has 2 aromatic rings. The Morgan fingerprint density at radius 1 is 1.36 bits per heavy atom. The summed E-state index contributed by atoms with van der Waals surface area (Å²) in [5, 5.41) is 12.9. The molecule has 0 spiro atoms. The lowest BCUT2D eigenvalue weighted by atomic mass is 9.97. The van der Waals surface area contributed by atoms with E-state index in [0.29, 0.717) is 43.3 Å². The second kappa shape index (κ2) is 5.96. The number of carboxylic acids is 1. The van der Waals surface area contributed by atoms with Crippen molar-refractivity contribution in [2.45, 2.75) is 12.8 Å². The van der Waals surface area contributed by atoms with Crippen LogP contribution in [0.1, 0.15) is 12.8 Å². The summed E-state index contributed by atoms with van der Waals surface area (Å²) < 4.78 is 10.1. The number of aromatic nitrogens is 4. The molecule has 0 amide bonds. The van der Waals surface area contributed by atoms with Gasteiger partial charge in [0.15, 0.2) is 0 Å². The number of nitrogens with zero attached hydrogens (tertiary/aromatic N) is 5. The van der Waals surface area contributed by atoms with E-state index in [-0.39, 0.29) is 11.9 Å². The molecule has 0 bridgehead atoms. The first-order valence-corrected chi connectivity index (χ1v) is 6.85. The minimum absolute atomic E-state index is 0.267. The SMILES string of the molecule is COc1ncc(-c2noc(N3CCC(C(=O)O)CC3)n2)cn1. The maximum atomic E-state index is 10.9. The van der Waals surface area contributed by atoms with Crippen LogP contribution in [0.2, 0.25) is 0 Å². The predicted octanol–water partition coefficient (Wildman–Crippen LogP) is 0.836. The van der Waals surface area contributed by atoms with Crippen LogP contribution in [0.25, 0.3) is 11.4 Å². The minimum atomic E-state index is -0.749. The van der Waals surface area contributed by atoms with Gasteiger partial charge in [0.2, 0.25) is 5.82 Å². The molecule has 3 rings (SSSR count). The average Bonchev–Trinajstić information content (AvgIpc) is 3.05. The molecular weight excluding hydrogens is 290 g/mol. The van der Waals surface area contributed by atoms with E-state index in [1.807, 2.05) is 4.90 Å². The van der Waals surface area contributed by atoms with Gasteiger partial charge in [0.25, 0.3) is 0 Å². The highest BCUT2D eigenvalue weighted by atomic mass is 16.5. The number of piperidine rings is 1. The van der Waals surface area contributed by atoms with Gasteiger partial charge in [-0.25, -0.2) is 9.97 Å². The van der Waals surface area contributed by atoms with E-state index in [2.05, 4.69) is 20.1 Å². The quantitative estimate of drug-likeness (QED) is 0.877. The Hall–Kier alpha value is -2.71. The molecule has 22 heavy (non-hydrogen) atoms. The summed E-state index contributed by atoms with van der Waals surface area (Å²) in [4.78, 5) is 25.1. The number of rotatable bonds is 4. The molecule has 9 nitrogen and oxygen atoms in total. The minimum Gasteiger partial charge on any atom is -0.481 e. The van der Waals surface area contributed by atoms with Gasteiger partial charge in [-0.2, -0.15) is 4.98 Å². The highest BCUT2D eigenvalue weighted by Crippen LogP contribution is 2.24. The van der Waals surface area contributed by atoms with Crippen LogP contribution in [0.3, 0.4) is 0 Å². The van der Waals surface area contributed by atoms with Crippen LogP contribution in [0.4, 0.5) is 6.01 Å². The standard InChI is InChI=1S/C13H15N5O4/c1-21-12-14-6-9(7-15-12)10-16-13(22-17-10)18-4-2-8(3-5-18)11(19)20/h6-8H,2-5H2,1H3,(H,19,20). The second-order valence-corrected chi connectivity index (χ2v) is 4.96. The molecule has 1 aliphatic heterocycles. The third kappa shape index (κ3) is 2.83. The maximum absolute atomic E-state index is 10.9. The molecule has 0 aromatic carbocycles. The largest absolute Gasteiger partial charge is 0.481 e. The van der Waals surface area contributed by atoms with Crippen LogP contribution in [0.15, 0.2) is 16.9 Å². The molecular formula is C13H15N5O4. The number of anilines is 1. The van der Waals surface area contributed by atoms with Crippen LogP contribution in [-0.2, 0) is 4.79 Å². The number of aliphatic carboxylic acids is 1. The van der Waals surface area contributed by atoms with Gasteiger partial charge in [-0.1, -0.05) is 5.16 Å². The van der Waals surface area contributed by atoms with Gasteiger partial charge in [-0.15, -0.1) is 0 Å². The van der Waals surface area contributed by atoms with E-state index in [1.165, 1.54) is 7.11 Å². The van der Waals surface area contributed by atoms with Gasteiger partial charge < -0.3 is 19.3 Å². The Morgan fingerprint density at radius 2 is 2.05 bits per heavy atom. The van der Waals surface area contributed by atoms with E-state index in [1.54, 1.807) is 12.4 Å². The predicted molar refractivity (Wildman–Crippen MR) is 74.4 cm³/mol. The highest BCUT2D eigenvalue weighted by molar-refractivity contribution is 5.70. The zero-order valence-electron chi connectivity index (χ0n) is 12.0. The van der Waals surface area contributed by atoms with Crippen molar-refractivity contribution in [3.8, 4) is 17.4 Å². The fourth-order valence-corrected chi connectivity index (χ4v) is 2.32. The van der Waals surface area contributed by atoms with Crippen LogP contribution in [0, 0.1) is 5.92 Å². The number of methoxy groups -OCH3 is 1. The molecule has 3 heterocycles. The third-order valence-electron chi connectivity index (χ3n) is 3.60. The van der Waals surface area contributed by atoms with Crippen molar-refractivity contribution in [2.24, 2.45) is 5.92 Å². The third-order valence-corrected chi connectivity index (χ3v) is 3.60. The Labute approximate surface area is 125 Å². The van der Waals surface area contributed by atoms with Crippen molar-refractivity contribution in [1.82, 2.24) is 20.1 Å². The molecule has 1 fully saturated rings. The van der Waals surface area contributed by atoms with Crippen molar-refractivity contribution in [2.75, 3.05) is 25.1 Å². The maximum Gasteiger partial charge on any atom is 0.324 e. The van der Waals surface area contributed by atoms with Crippen LogP contribution < -0.4 is 9.64 Å². The number of carboxylic acid groups (broad SMARTS) is 1. The normalized spacial score (nSPS) is 15.8. The average molecular weight is 305 g/mol. The van der Waals surface area contributed by atoms with E-state index < -0.39 is 5.97 Å². The van der Waals surface area contributed by atoms with Crippen molar-refractivity contribution >= 4 is 12.0 Å². The first kappa shape index (κ1) is 14.2. The summed E-state index contributed by atoms with van der Waals surface area (Å²) in [5.41, 5.74) is 0.622. The summed E-state index contributed by atoms with van der Waals surface area (Å²) in [5.74, 6) is -0.659. The first-order chi connectivity index (χ1) is 10.7. The second-order valence-electron chi connectivity index (χ2n) is 4.96. The molecule has 1 N–H and O–H groups in total. The fraction of sp³-hybridized carbons (Fsp3) is 0.462. The number of hydrogen-bond acceptors (Lipinski definition) is 8. The van der Waals surface area contributed by atoms with Crippen LogP contribution >= 0.6 is 0 Å². The molecule has 2 aromatic heterocycles. The summed E-state index contributed by atoms with van der Waals surface area (Å²) >= 11 is 0. The van der Waals surface area contributed by atoms with Crippen molar-refractivity contribution in [3.05, 3.63) is 12.4 Å². The zero-order valence-corrected chi connectivity index (χ0v) is 12.0. The molecule has 0 radical (unpaired) electrons. The fourth-order valence-electron chi connectivity index (χ4n) is 2.32. The number of carbonyl (C=O) groups is 1. The van der Waals surface area contributed by atoms with E-state index >= 15 is 0 Å². The lowest BCUT2D eigenvalue weighted by Crippen LogP contribution is -2.36. The molecule has 0 unspecified atom stereocenters. The van der Waals surface area contributed by atoms with Crippen molar-refractivity contribution in [1.29, 1.82) is 0 Å². The number of hydrogen-bond donors (Lipinski definition) is 1. The molecule has 116 valence electrons. The number of ether oxygens (including phenoxy) is 1. The van der Waals surface area contributed by atoms with Crippen molar-refractivity contribution in [3.63, 3.8) is 0 Å². The molecule has 9 heteroatoms. The van der Waals surface area contributed by atoms with Gasteiger partial charge in [0, 0.05) is 25.5 Å². The van der Waals surface area contributed by atoms with Gasteiger partial charge in [0.1, 0.15) is 0 Å². The van der Waals surface area contributed by atoms with Crippen LogP contribution in [0.5, 0.6) is 6.01 Å².